The fraction of sp³-hybridized carbons (Fsp3) is 0.125. The molecule has 0 bridgehead atoms. The van der Waals surface area contributed by atoms with Crippen LogP contribution in [0.5, 0.6) is 5.75 Å². The molecule has 0 heterocycles. The first kappa shape index (κ1) is 14.6. The van der Waals surface area contributed by atoms with Crippen LogP contribution >= 0.6 is 0 Å². The SMILES string of the molecule is N#Cc1ccc(NC(=O)COc2cccc(CO)c2)cc1. The van der Waals surface area contributed by atoms with Gasteiger partial charge in [0.1, 0.15) is 5.75 Å². The van der Waals surface area contributed by atoms with Crippen molar-refractivity contribution >= 4 is 11.6 Å². The van der Waals surface area contributed by atoms with Crippen LogP contribution in [0.3, 0.4) is 0 Å². The molecule has 0 saturated carbocycles. The lowest BCUT2D eigenvalue weighted by Crippen LogP contribution is -2.20. The van der Waals surface area contributed by atoms with Gasteiger partial charge in [-0.15, -0.1) is 0 Å². The van der Waals surface area contributed by atoms with Gasteiger partial charge in [-0.2, -0.15) is 5.26 Å². The van der Waals surface area contributed by atoms with E-state index in [0.717, 1.165) is 5.56 Å². The molecule has 0 aliphatic carbocycles. The molecule has 2 aromatic carbocycles. The van der Waals surface area contributed by atoms with Crippen LogP contribution in [0.2, 0.25) is 0 Å². The molecule has 0 radical (unpaired) electrons. The van der Waals surface area contributed by atoms with E-state index in [1.54, 1.807) is 48.5 Å². The normalized spacial score (nSPS) is 9.71. The fourth-order valence-corrected chi connectivity index (χ4v) is 1.71. The molecule has 1 amide bonds. The molecule has 0 spiro atoms. The molecule has 0 aromatic heterocycles. The van der Waals surface area contributed by atoms with Gasteiger partial charge in [0.05, 0.1) is 18.2 Å². The highest BCUT2D eigenvalue weighted by molar-refractivity contribution is 5.91. The maximum absolute atomic E-state index is 11.7. The summed E-state index contributed by atoms with van der Waals surface area (Å²) in [6.07, 6.45) is 0. The number of aliphatic hydroxyl groups excluding tert-OH is 1. The lowest BCUT2D eigenvalue weighted by molar-refractivity contribution is -0.118. The van der Waals surface area contributed by atoms with E-state index in [-0.39, 0.29) is 19.1 Å². The van der Waals surface area contributed by atoms with Gasteiger partial charge < -0.3 is 15.2 Å². The smallest absolute Gasteiger partial charge is 0.262 e. The molecule has 106 valence electrons. The molecule has 21 heavy (non-hydrogen) atoms. The molecule has 0 atom stereocenters. The maximum Gasteiger partial charge on any atom is 0.262 e. The van der Waals surface area contributed by atoms with Crippen LogP contribution in [0.15, 0.2) is 48.5 Å². The lowest BCUT2D eigenvalue weighted by Gasteiger charge is -2.08. The summed E-state index contributed by atoms with van der Waals surface area (Å²) in [5, 5.41) is 20.4. The first-order valence-electron chi connectivity index (χ1n) is 6.34. The molecule has 2 N–H and O–H groups in total. The number of anilines is 1. The monoisotopic (exact) mass is 282 g/mol. The number of amides is 1. The minimum absolute atomic E-state index is 0.0748. The Labute approximate surface area is 122 Å². The summed E-state index contributed by atoms with van der Waals surface area (Å²) in [4.78, 5) is 11.7. The second kappa shape index (κ2) is 7.08. The number of rotatable bonds is 5. The molecule has 5 nitrogen and oxygen atoms in total. The van der Waals surface area contributed by atoms with Crippen LogP contribution < -0.4 is 10.1 Å². The summed E-state index contributed by atoms with van der Waals surface area (Å²) in [6, 6.07) is 15.5. The van der Waals surface area contributed by atoms with Gasteiger partial charge in [0.2, 0.25) is 0 Å². The molecule has 0 aliphatic heterocycles. The molecule has 2 rings (SSSR count). The lowest BCUT2D eigenvalue weighted by atomic mass is 10.2. The van der Waals surface area contributed by atoms with Crippen molar-refractivity contribution < 1.29 is 14.6 Å². The summed E-state index contributed by atoms with van der Waals surface area (Å²) < 4.78 is 5.35. The van der Waals surface area contributed by atoms with Crippen molar-refractivity contribution in [2.45, 2.75) is 6.61 Å². The van der Waals surface area contributed by atoms with Crippen molar-refractivity contribution in [3.63, 3.8) is 0 Å². The van der Waals surface area contributed by atoms with E-state index in [0.29, 0.717) is 17.0 Å². The zero-order valence-corrected chi connectivity index (χ0v) is 11.2. The molecule has 5 heteroatoms. The number of nitrogens with zero attached hydrogens (tertiary/aromatic N) is 1. The third-order valence-electron chi connectivity index (χ3n) is 2.75. The number of hydrogen-bond donors (Lipinski definition) is 2. The zero-order valence-electron chi connectivity index (χ0n) is 11.2. The van der Waals surface area contributed by atoms with E-state index in [4.69, 9.17) is 15.1 Å². The topological polar surface area (TPSA) is 82.4 Å². The third-order valence-corrected chi connectivity index (χ3v) is 2.75. The molecule has 2 aromatic rings. The Kier molecular flexibility index (Phi) is 4.91. The molecule has 0 unspecified atom stereocenters. The highest BCUT2D eigenvalue weighted by Crippen LogP contribution is 2.13. The molecular formula is C16H14N2O3. The Morgan fingerprint density at radius 3 is 2.67 bits per heavy atom. The number of carbonyl (C=O) groups is 1. The Hall–Kier alpha value is -2.84. The van der Waals surface area contributed by atoms with Gasteiger partial charge in [-0.1, -0.05) is 12.1 Å². The predicted octanol–water partition coefficient (Wildman–Crippen LogP) is 2.07. The van der Waals surface area contributed by atoms with E-state index >= 15 is 0 Å². The molecule has 0 aliphatic rings. The van der Waals surface area contributed by atoms with Crippen LogP contribution in [-0.2, 0) is 11.4 Å². The molecular weight excluding hydrogens is 268 g/mol. The number of aliphatic hydroxyl groups is 1. The van der Waals surface area contributed by atoms with E-state index in [9.17, 15) is 4.79 Å². The summed E-state index contributed by atoms with van der Waals surface area (Å²) in [5.41, 5.74) is 1.86. The van der Waals surface area contributed by atoms with Gasteiger partial charge in [0, 0.05) is 5.69 Å². The summed E-state index contributed by atoms with van der Waals surface area (Å²) in [6.45, 7) is -0.205. The second-order valence-corrected chi connectivity index (χ2v) is 4.33. The van der Waals surface area contributed by atoms with Gasteiger partial charge in [0.15, 0.2) is 6.61 Å². The molecule has 0 fully saturated rings. The van der Waals surface area contributed by atoms with Crippen LogP contribution in [0.4, 0.5) is 5.69 Å². The van der Waals surface area contributed by atoms with Crippen LogP contribution in [0.1, 0.15) is 11.1 Å². The van der Waals surface area contributed by atoms with Gasteiger partial charge in [0.25, 0.3) is 5.91 Å². The number of carbonyl (C=O) groups excluding carboxylic acids is 1. The van der Waals surface area contributed by atoms with Gasteiger partial charge in [-0.05, 0) is 42.0 Å². The zero-order chi connectivity index (χ0) is 15.1. The largest absolute Gasteiger partial charge is 0.484 e. The fourth-order valence-electron chi connectivity index (χ4n) is 1.71. The van der Waals surface area contributed by atoms with E-state index in [2.05, 4.69) is 5.32 Å². The average molecular weight is 282 g/mol. The van der Waals surface area contributed by atoms with Crippen LogP contribution in [-0.4, -0.2) is 17.6 Å². The second-order valence-electron chi connectivity index (χ2n) is 4.33. The first-order chi connectivity index (χ1) is 10.2. The average Bonchev–Trinajstić information content (AvgIpc) is 2.54. The maximum atomic E-state index is 11.7. The minimum Gasteiger partial charge on any atom is -0.484 e. The summed E-state index contributed by atoms with van der Waals surface area (Å²) >= 11 is 0. The van der Waals surface area contributed by atoms with Crippen molar-refractivity contribution in [1.82, 2.24) is 0 Å². The Morgan fingerprint density at radius 1 is 1.24 bits per heavy atom. The summed E-state index contributed by atoms with van der Waals surface area (Å²) in [7, 11) is 0. The highest BCUT2D eigenvalue weighted by atomic mass is 16.5. The van der Waals surface area contributed by atoms with Crippen molar-refractivity contribution in [3.8, 4) is 11.8 Å². The third kappa shape index (κ3) is 4.34. The molecule has 0 saturated heterocycles. The Morgan fingerprint density at radius 2 is 2.00 bits per heavy atom. The number of nitriles is 1. The van der Waals surface area contributed by atoms with Crippen LogP contribution in [0, 0.1) is 11.3 Å². The number of hydrogen-bond acceptors (Lipinski definition) is 4. The van der Waals surface area contributed by atoms with E-state index in [1.807, 2.05) is 6.07 Å². The van der Waals surface area contributed by atoms with Crippen molar-refractivity contribution in [3.05, 3.63) is 59.7 Å². The minimum atomic E-state index is -0.297. The van der Waals surface area contributed by atoms with Gasteiger partial charge in [-0.25, -0.2) is 0 Å². The van der Waals surface area contributed by atoms with Crippen LogP contribution in [0.25, 0.3) is 0 Å². The standard InChI is InChI=1S/C16H14N2O3/c17-9-12-4-6-14(7-5-12)18-16(20)11-21-15-3-1-2-13(8-15)10-19/h1-8,19H,10-11H2,(H,18,20). The van der Waals surface area contributed by atoms with Crippen molar-refractivity contribution in [2.75, 3.05) is 11.9 Å². The first-order valence-corrected chi connectivity index (χ1v) is 6.34. The summed E-state index contributed by atoms with van der Waals surface area (Å²) in [5.74, 6) is 0.227. The predicted molar refractivity (Wildman–Crippen MR) is 77.6 cm³/mol. The highest BCUT2D eigenvalue weighted by Gasteiger charge is 2.04. The van der Waals surface area contributed by atoms with Crippen molar-refractivity contribution in [2.24, 2.45) is 0 Å². The number of ether oxygens (including phenoxy) is 1. The quantitative estimate of drug-likeness (QED) is 0.879. The Balaban J connectivity index is 1.88. The number of benzene rings is 2. The van der Waals surface area contributed by atoms with E-state index < -0.39 is 0 Å². The Bertz CT molecular complexity index is 660. The van der Waals surface area contributed by atoms with E-state index in [1.165, 1.54) is 0 Å². The van der Waals surface area contributed by atoms with Gasteiger partial charge >= 0.3 is 0 Å². The number of nitrogens with one attached hydrogen (secondary N) is 1. The van der Waals surface area contributed by atoms with Gasteiger partial charge in [-0.3, -0.25) is 4.79 Å². The van der Waals surface area contributed by atoms with Crippen molar-refractivity contribution in [1.29, 1.82) is 5.26 Å².